The highest BCUT2D eigenvalue weighted by molar-refractivity contribution is 5.93. The maximum absolute atomic E-state index is 13.3. The molecule has 1 aliphatic heterocycles. The van der Waals surface area contributed by atoms with E-state index in [2.05, 4.69) is 20.3 Å². The Balaban J connectivity index is 1.68. The SMILES string of the molecule is CCNC(=O)[C@]1(Cc2ccccc2-c2ccncc2)CN(C(=O)c2cnccn2)CCO1. The summed E-state index contributed by atoms with van der Waals surface area (Å²) in [6.45, 7) is 3.08. The molecule has 0 bridgehead atoms. The standard InChI is InChI=1S/C24H25N5O3/c1-2-27-23(31)24(15-19-5-3-4-6-20(19)18-7-9-25-10-8-18)17-29(13-14-32-24)22(30)21-16-26-11-12-28-21/h3-12,16H,2,13-15,17H2,1H3,(H,27,31)/t24-/m0/s1. The van der Waals surface area contributed by atoms with E-state index < -0.39 is 5.60 Å². The minimum Gasteiger partial charge on any atom is -0.361 e. The highest BCUT2D eigenvalue weighted by Crippen LogP contribution is 2.30. The molecule has 0 radical (unpaired) electrons. The number of aromatic nitrogens is 3. The van der Waals surface area contributed by atoms with Crippen LogP contribution in [0.3, 0.4) is 0 Å². The van der Waals surface area contributed by atoms with E-state index in [1.54, 1.807) is 17.3 Å². The third-order valence-corrected chi connectivity index (χ3v) is 5.49. The van der Waals surface area contributed by atoms with Gasteiger partial charge < -0.3 is 15.0 Å². The van der Waals surface area contributed by atoms with Gasteiger partial charge in [0.2, 0.25) is 0 Å². The second kappa shape index (κ2) is 9.65. The third kappa shape index (κ3) is 4.50. The fraction of sp³-hybridized carbons (Fsp3) is 0.292. The predicted octanol–water partition coefficient (Wildman–Crippen LogP) is 2.13. The molecule has 4 rings (SSSR count). The van der Waals surface area contributed by atoms with Crippen molar-refractivity contribution in [1.82, 2.24) is 25.2 Å². The number of ether oxygens (including phenoxy) is 1. The molecule has 1 fully saturated rings. The number of likely N-dealkylation sites (N-methyl/N-ethyl adjacent to an activating group) is 1. The summed E-state index contributed by atoms with van der Waals surface area (Å²) in [5, 5.41) is 2.89. The van der Waals surface area contributed by atoms with E-state index in [1.165, 1.54) is 18.6 Å². The number of pyridine rings is 1. The fourth-order valence-corrected chi connectivity index (χ4v) is 3.97. The third-order valence-electron chi connectivity index (χ3n) is 5.49. The first-order chi connectivity index (χ1) is 15.6. The molecule has 1 saturated heterocycles. The maximum atomic E-state index is 13.3. The van der Waals surface area contributed by atoms with E-state index >= 15 is 0 Å². The number of morpholine rings is 1. The van der Waals surface area contributed by atoms with E-state index in [-0.39, 0.29) is 30.7 Å². The van der Waals surface area contributed by atoms with Crippen molar-refractivity contribution in [3.8, 4) is 11.1 Å². The molecule has 0 spiro atoms. The lowest BCUT2D eigenvalue weighted by Crippen LogP contribution is -2.62. The zero-order chi connectivity index (χ0) is 22.4. The van der Waals surface area contributed by atoms with Gasteiger partial charge in [0.15, 0.2) is 5.60 Å². The Bertz CT molecular complexity index is 1080. The Morgan fingerprint density at radius 3 is 2.66 bits per heavy atom. The van der Waals surface area contributed by atoms with Crippen molar-refractivity contribution in [3.05, 3.63) is 78.6 Å². The second-order valence-corrected chi connectivity index (χ2v) is 7.59. The van der Waals surface area contributed by atoms with Crippen LogP contribution >= 0.6 is 0 Å². The van der Waals surface area contributed by atoms with Crippen LogP contribution < -0.4 is 5.32 Å². The first-order valence-electron chi connectivity index (χ1n) is 10.6. The molecule has 8 nitrogen and oxygen atoms in total. The average molecular weight is 431 g/mol. The number of carbonyl (C=O) groups is 2. The van der Waals surface area contributed by atoms with Crippen molar-refractivity contribution in [2.75, 3.05) is 26.2 Å². The molecule has 164 valence electrons. The summed E-state index contributed by atoms with van der Waals surface area (Å²) in [4.78, 5) is 40.1. The summed E-state index contributed by atoms with van der Waals surface area (Å²) in [5.41, 5.74) is 1.99. The normalized spacial score (nSPS) is 18.2. The number of benzene rings is 1. The molecule has 0 aliphatic carbocycles. The summed E-state index contributed by atoms with van der Waals surface area (Å²) >= 11 is 0. The van der Waals surface area contributed by atoms with Crippen molar-refractivity contribution in [3.63, 3.8) is 0 Å². The molecular weight excluding hydrogens is 406 g/mol. The van der Waals surface area contributed by atoms with Gasteiger partial charge in [-0.1, -0.05) is 24.3 Å². The van der Waals surface area contributed by atoms with Gasteiger partial charge in [0.1, 0.15) is 5.69 Å². The lowest BCUT2D eigenvalue weighted by molar-refractivity contribution is -0.157. The van der Waals surface area contributed by atoms with Crippen LogP contribution in [-0.4, -0.2) is 63.5 Å². The zero-order valence-corrected chi connectivity index (χ0v) is 17.9. The number of hydrogen-bond donors (Lipinski definition) is 1. The van der Waals surface area contributed by atoms with Gasteiger partial charge in [-0.3, -0.25) is 19.6 Å². The first kappa shape index (κ1) is 21.6. The van der Waals surface area contributed by atoms with Crippen molar-refractivity contribution in [2.24, 2.45) is 0 Å². The van der Waals surface area contributed by atoms with Gasteiger partial charge in [-0.25, -0.2) is 4.98 Å². The largest absolute Gasteiger partial charge is 0.361 e. The molecular formula is C24H25N5O3. The molecule has 2 aromatic heterocycles. The molecule has 0 saturated carbocycles. The highest BCUT2D eigenvalue weighted by Gasteiger charge is 2.45. The summed E-state index contributed by atoms with van der Waals surface area (Å²) in [5.74, 6) is -0.501. The first-order valence-corrected chi connectivity index (χ1v) is 10.6. The monoisotopic (exact) mass is 431 g/mol. The Morgan fingerprint density at radius 1 is 1.09 bits per heavy atom. The molecule has 1 aromatic carbocycles. The number of nitrogens with zero attached hydrogens (tertiary/aromatic N) is 4. The topological polar surface area (TPSA) is 97.3 Å². The van der Waals surface area contributed by atoms with Gasteiger partial charge in [0, 0.05) is 44.3 Å². The summed E-state index contributed by atoms with van der Waals surface area (Å²) in [6, 6.07) is 11.8. The molecule has 1 atom stereocenters. The van der Waals surface area contributed by atoms with Crippen molar-refractivity contribution in [1.29, 1.82) is 0 Å². The van der Waals surface area contributed by atoms with Crippen LogP contribution in [0.5, 0.6) is 0 Å². The Morgan fingerprint density at radius 2 is 1.91 bits per heavy atom. The second-order valence-electron chi connectivity index (χ2n) is 7.59. The van der Waals surface area contributed by atoms with E-state index in [0.29, 0.717) is 19.5 Å². The molecule has 2 amide bonds. The van der Waals surface area contributed by atoms with Crippen molar-refractivity contribution >= 4 is 11.8 Å². The highest BCUT2D eigenvalue weighted by atomic mass is 16.5. The van der Waals surface area contributed by atoms with Gasteiger partial charge in [-0.15, -0.1) is 0 Å². The van der Waals surface area contributed by atoms with Crippen LogP contribution in [0.4, 0.5) is 0 Å². The zero-order valence-electron chi connectivity index (χ0n) is 17.9. The van der Waals surface area contributed by atoms with Gasteiger partial charge in [0.05, 0.1) is 19.3 Å². The molecule has 3 heterocycles. The van der Waals surface area contributed by atoms with Crippen LogP contribution in [0.2, 0.25) is 0 Å². The van der Waals surface area contributed by atoms with E-state index in [9.17, 15) is 9.59 Å². The number of carbonyl (C=O) groups excluding carboxylic acids is 2. The maximum Gasteiger partial charge on any atom is 0.274 e. The molecule has 3 aromatic rings. The number of rotatable bonds is 6. The molecule has 1 aliphatic rings. The Kier molecular flexibility index (Phi) is 6.51. The van der Waals surface area contributed by atoms with E-state index in [0.717, 1.165) is 16.7 Å². The quantitative estimate of drug-likeness (QED) is 0.642. The minimum atomic E-state index is -1.21. The van der Waals surface area contributed by atoms with Crippen molar-refractivity contribution in [2.45, 2.75) is 18.9 Å². The van der Waals surface area contributed by atoms with E-state index in [4.69, 9.17) is 4.74 Å². The van der Waals surface area contributed by atoms with Crippen LogP contribution in [-0.2, 0) is 16.0 Å². The van der Waals surface area contributed by atoms with Crippen LogP contribution in [0, 0.1) is 0 Å². The van der Waals surface area contributed by atoms with Crippen molar-refractivity contribution < 1.29 is 14.3 Å². The summed E-state index contributed by atoms with van der Waals surface area (Å²) in [7, 11) is 0. The fourth-order valence-electron chi connectivity index (χ4n) is 3.97. The van der Waals surface area contributed by atoms with Crippen LogP contribution in [0.1, 0.15) is 23.0 Å². The predicted molar refractivity (Wildman–Crippen MR) is 119 cm³/mol. The Hall–Kier alpha value is -3.65. The minimum absolute atomic E-state index is 0.124. The van der Waals surface area contributed by atoms with Crippen LogP contribution in [0.15, 0.2) is 67.4 Å². The molecule has 1 N–H and O–H groups in total. The lowest BCUT2D eigenvalue weighted by Gasteiger charge is -2.41. The van der Waals surface area contributed by atoms with Gasteiger partial charge >= 0.3 is 0 Å². The summed E-state index contributed by atoms with van der Waals surface area (Å²) < 4.78 is 6.14. The molecule has 0 unspecified atom stereocenters. The van der Waals surface area contributed by atoms with Gasteiger partial charge in [0.25, 0.3) is 11.8 Å². The van der Waals surface area contributed by atoms with E-state index in [1.807, 2.05) is 43.3 Å². The van der Waals surface area contributed by atoms with Gasteiger partial charge in [-0.2, -0.15) is 0 Å². The smallest absolute Gasteiger partial charge is 0.274 e. The Labute approximate surface area is 186 Å². The number of amides is 2. The average Bonchev–Trinajstić information content (AvgIpc) is 2.85. The lowest BCUT2D eigenvalue weighted by atomic mass is 9.87. The van der Waals surface area contributed by atoms with Crippen LogP contribution in [0.25, 0.3) is 11.1 Å². The molecule has 8 heteroatoms. The number of hydrogen-bond acceptors (Lipinski definition) is 6. The molecule has 32 heavy (non-hydrogen) atoms. The summed E-state index contributed by atoms with van der Waals surface area (Å²) in [6.07, 6.45) is 8.24. The number of nitrogens with one attached hydrogen (secondary N) is 1. The van der Waals surface area contributed by atoms with Gasteiger partial charge in [-0.05, 0) is 35.7 Å².